The third-order valence-corrected chi connectivity index (χ3v) is 9.40. The topological polar surface area (TPSA) is 17.3 Å². The van der Waals surface area contributed by atoms with Gasteiger partial charge in [-0.15, -0.1) is 23.7 Å². The fraction of sp³-hybridized carbons (Fsp3) is 0.963. The number of likely N-dealkylation sites (tertiary alicyclic amines) is 1. The average molecular weight is 599 g/mol. The van der Waals surface area contributed by atoms with Gasteiger partial charge in [0.25, 0.3) is 0 Å². The van der Waals surface area contributed by atoms with Crippen LogP contribution in [0.4, 0.5) is 0 Å². The first-order valence-corrected chi connectivity index (χ1v) is 19.8. The predicted octanol–water partition coefficient (Wildman–Crippen LogP) is 8.93. The van der Waals surface area contributed by atoms with Crippen LogP contribution in [-0.2, 0) is 20.8 Å². The molecule has 1 saturated heterocycles. The van der Waals surface area contributed by atoms with E-state index < -0.39 is 20.8 Å². The van der Waals surface area contributed by atoms with Crippen LogP contribution in [0.5, 0.6) is 0 Å². The number of nitrogens with zero attached hydrogens (tertiary/aromatic N) is 2. The maximum absolute atomic E-state index is 6.71. The summed E-state index contributed by atoms with van der Waals surface area (Å²) in [5.41, 5.74) is 0.446. The van der Waals surface area contributed by atoms with Crippen LogP contribution in [0.3, 0.4) is 0 Å². The number of halogens is 3. The summed E-state index contributed by atoms with van der Waals surface area (Å²) in [6.07, 6.45) is 12.2. The Morgan fingerprint density at radius 2 is 1.55 bits per heavy atom. The van der Waals surface area contributed by atoms with Crippen molar-refractivity contribution in [2.45, 2.75) is 115 Å². The van der Waals surface area contributed by atoms with E-state index in [1.807, 2.05) is 0 Å². The van der Waals surface area contributed by atoms with Gasteiger partial charge in [-0.1, -0.05) is 60.3 Å². The Morgan fingerprint density at radius 1 is 0.939 bits per heavy atom. The molecule has 0 aromatic heterocycles. The van der Waals surface area contributed by atoms with E-state index in [0.29, 0.717) is 10.8 Å². The quantitative estimate of drug-likeness (QED) is 0.228. The van der Waals surface area contributed by atoms with Gasteiger partial charge in [0.05, 0.1) is 0 Å². The fourth-order valence-corrected chi connectivity index (χ4v) is 9.00. The Labute approximate surface area is 229 Å². The molecule has 1 heterocycles. The predicted molar refractivity (Wildman–Crippen MR) is 144 cm³/mol. The van der Waals surface area contributed by atoms with Crippen LogP contribution in [0.2, 0.25) is 0 Å². The molecule has 3 aliphatic carbocycles. The normalized spacial score (nSPS) is 38.2. The summed E-state index contributed by atoms with van der Waals surface area (Å²) in [6.45, 7) is 12.8. The molecule has 33 heavy (non-hydrogen) atoms. The Hall–Kier alpha value is 1.67. The van der Waals surface area contributed by atoms with Crippen molar-refractivity contribution in [1.29, 1.82) is 0 Å². The van der Waals surface area contributed by atoms with Crippen molar-refractivity contribution in [1.82, 2.24) is 4.90 Å². The molecule has 1 aliphatic heterocycles. The van der Waals surface area contributed by atoms with E-state index >= 15 is 0 Å². The van der Waals surface area contributed by atoms with Crippen molar-refractivity contribution in [2.75, 3.05) is 13.6 Å². The summed E-state index contributed by atoms with van der Waals surface area (Å²) in [4.78, 5) is 2.85. The summed E-state index contributed by atoms with van der Waals surface area (Å²) >= 11 is 5.89. The van der Waals surface area contributed by atoms with Gasteiger partial charge >= 0.3 is 37.9 Å². The first-order valence-electron chi connectivity index (χ1n) is 13.0. The minimum atomic E-state index is -0.826. The van der Waals surface area contributed by atoms with Crippen LogP contribution >= 0.6 is 28.6 Å². The fourth-order valence-electron chi connectivity index (χ4n) is 8.67. The molecule has 4 rings (SSSR count). The van der Waals surface area contributed by atoms with Crippen molar-refractivity contribution in [3.8, 4) is 0 Å². The molecule has 8 atom stereocenters. The standard InChI is InChI=1S/C26H46ClN2.CH3.2ClH.Zr/c1-25(2,3)16-26(4,5)28-14-13-19-18-9-7-8-10-20(18)24-23(19)21-15-17(27)11-12-22(21)29(24)6;;;;/h17-24H,7-16H2,1-6H3;1H3;2*1H;/q2*-1;;;+4/p-2. The zero-order valence-corrected chi connectivity index (χ0v) is 26.9. The van der Waals surface area contributed by atoms with Gasteiger partial charge in [-0.3, -0.25) is 4.90 Å². The molecule has 0 radical (unpaired) electrons. The summed E-state index contributed by atoms with van der Waals surface area (Å²) in [6, 6.07) is 1.64. The van der Waals surface area contributed by atoms with E-state index in [2.05, 4.69) is 46.6 Å². The van der Waals surface area contributed by atoms with Crippen LogP contribution in [-0.4, -0.2) is 41.5 Å². The van der Waals surface area contributed by atoms with Crippen molar-refractivity contribution >= 4 is 28.6 Å². The van der Waals surface area contributed by atoms with Gasteiger partial charge in [-0.25, -0.2) is 0 Å². The SMILES string of the molecule is CN1C2CCC(Cl)CC2C2C(CC[N-]C(C)(C)CC(C)(C)C)C3CCCCC3C21.[CH3-].[Cl][Zr+2][Cl]. The van der Waals surface area contributed by atoms with Crippen molar-refractivity contribution in [2.24, 2.45) is 35.0 Å². The molecule has 3 saturated carbocycles. The molecule has 6 heteroatoms. The Bertz CT molecular complexity index is 596. The van der Waals surface area contributed by atoms with E-state index in [-0.39, 0.29) is 13.0 Å². The molecule has 4 aliphatic rings. The van der Waals surface area contributed by atoms with Crippen LogP contribution in [0, 0.1) is 42.4 Å². The monoisotopic (exact) mass is 596 g/mol. The van der Waals surface area contributed by atoms with Crippen LogP contribution in [0.25, 0.3) is 5.32 Å². The van der Waals surface area contributed by atoms with Gasteiger partial charge in [0.2, 0.25) is 0 Å². The molecule has 0 bridgehead atoms. The average Bonchev–Trinajstić information content (AvgIpc) is 3.14. The van der Waals surface area contributed by atoms with Gasteiger partial charge in [-0.05, 0) is 74.2 Å². The molecule has 0 amide bonds. The Kier molecular flexibility index (Phi) is 12.1. The Balaban J connectivity index is 0.000000914. The Morgan fingerprint density at radius 3 is 2.15 bits per heavy atom. The molecular weight excluding hydrogens is 550 g/mol. The maximum atomic E-state index is 6.71. The number of alkyl halides is 1. The molecular formula is C27H49Cl3N2Zr. The molecule has 0 aromatic rings. The first kappa shape index (κ1) is 30.9. The minimum absolute atomic E-state index is 0. The second-order valence-corrected chi connectivity index (χ2v) is 17.3. The summed E-state index contributed by atoms with van der Waals surface area (Å²) in [5.74, 6) is 4.53. The number of hydrogen-bond donors (Lipinski definition) is 0. The van der Waals surface area contributed by atoms with Crippen molar-refractivity contribution in [3.63, 3.8) is 0 Å². The zero-order valence-electron chi connectivity index (χ0n) is 22.2. The van der Waals surface area contributed by atoms with Gasteiger partial charge < -0.3 is 12.7 Å². The second-order valence-electron chi connectivity index (χ2n) is 12.9. The van der Waals surface area contributed by atoms with E-state index in [1.165, 1.54) is 57.8 Å². The molecule has 0 N–H and O–H groups in total. The number of fused-ring (bicyclic) bond motifs is 5. The summed E-state index contributed by atoms with van der Waals surface area (Å²) < 4.78 is 0. The molecule has 2 nitrogen and oxygen atoms in total. The van der Waals surface area contributed by atoms with Crippen LogP contribution < -0.4 is 0 Å². The first-order chi connectivity index (χ1) is 15.0. The van der Waals surface area contributed by atoms with Crippen molar-refractivity contribution in [3.05, 3.63) is 12.7 Å². The van der Waals surface area contributed by atoms with Gasteiger partial charge in [-0.2, -0.15) is 0 Å². The number of hydrogen-bond acceptors (Lipinski definition) is 1. The number of rotatable bonds is 5. The van der Waals surface area contributed by atoms with Gasteiger partial charge in [0.1, 0.15) is 0 Å². The molecule has 8 unspecified atom stereocenters. The molecule has 4 fully saturated rings. The summed E-state index contributed by atoms with van der Waals surface area (Å²) in [7, 11) is 12.3. The van der Waals surface area contributed by atoms with E-state index in [1.54, 1.807) is 0 Å². The molecule has 0 spiro atoms. The summed E-state index contributed by atoms with van der Waals surface area (Å²) in [5, 5.41) is 5.67. The third-order valence-electron chi connectivity index (χ3n) is 9.00. The molecule has 192 valence electrons. The van der Waals surface area contributed by atoms with E-state index in [9.17, 15) is 0 Å². The van der Waals surface area contributed by atoms with Gasteiger partial charge in [0, 0.05) is 17.5 Å². The van der Waals surface area contributed by atoms with E-state index in [4.69, 9.17) is 33.9 Å². The van der Waals surface area contributed by atoms with Crippen LogP contribution in [0.15, 0.2) is 0 Å². The van der Waals surface area contributed by atoms with E-state index in [0.717, 1.165) is 48.2 Å². The van der Waals surface area contributed by atoms with Crippen LogP contribution in [0.1, 0.15) is 92.4 Å². The van der Waals surface area contributed by atoms with Gasteiger partial charge in [0.15, 0.2) is 0 Å². The second kappa shape index (κ2) is 13.0. The third kappa shape index (κ3) is 7.60. The zero-order chi connectivity index (χ0) is 23.7. The van der Waals surface area contributed by atoms with Crippen molar-refractivity contribution < 1.29 is 20.8 Å². The molecule has 0 aromatic carbocycles.